The van der Waals surface area contributed by atoms with Gasteiger partial charge in [-0.1, -0.05) is 5.16 Å². The van der Waals surface area contributed by atoms with Crippen molar-refractivity contribution < 1.29 is 32.0 Å². The number of ether oxygens (including phenoxy) is 2. The van der Waals surface area contributed by atoms with E-state index in [1.165, 1.54) is 23.4 Å². The Bertz CT molecular complexity index is 688. The Balaban J connectivity index is 1.67. The van der Waals surface area contributed by atoms with Crippen molar-refractivity contribution in [3.63, 3.8) is 0 Å². The Kier molecular flexibility index (Phi) is 4.38. The van der Waals surface area contributed by atoms with Crippen LogP contribution in [-0.2, 0) is 4.74 Å². The molecule has 0 unspecified atom stereocenters. The molecule has 0 saturated carbocycles. The average molecular weight is 343 g/mol. The third kappa shape index (κ3) is 3.82. The molecule has 1 aromatic carbocycles. The van der Waals surface area contributed by atoms with E-state index in [0.29, 0.717) is 19.0 Å². The van der Waals surface area contributed by atoms with Crippen LogP contribution in [0.1, 0.15) is 22.3 Å². The highest BCUT2D eigenvalue weighted by molar-refractivity contribution is 5.94. The highest BCUT2D eigenvalue weighted by Crippen LogP contribution is 2.24. The predicted molar refractivity (Wildman–Crippen MR) is 72.0 cm³/mol. The first-order valence-electron chi connectivity index (χ1n) is 6.95. The number of rotatable bonds is 3. The number of carbonyl (C=O) groups excluding carboxylic acids is 1. The number of morpholine rings is 1. The molecule has 1 aliphatic heterocycles. The summed E-state index contributed by atoms with van der Waals surface area (Å²) >= 11 is 0. The van der Waals surface area contributed by atoms with E-state index in [1.54, 1.807) is 0 Å². The monoisotopic (exact) mass is 343 g/mol. The highest BCUT2D eigenvalue weighted by atomic mass is 19.4. The lowest BCUT2D eigenvalue weighted by molar-refractivity contribution is -0.274. The molecule has 0 aliphatic carbocycles. The fourth-order valence-electron chi connectivity index (χ4n) is 2.29. The third-order valence-corrected chi connectivity index (χ3v) is 3.35. The zero-order valence-electron chi connectivity index (χ0n) is 12.2. The molecule has 0 bridgehead atoms. The Morgan fingerprint density at radius 3 is 2.67 bits per heavy atom. The molecular formula is C14H12F3N3O4. The Morgan fingerprint density at radius 1 is 1.29 bits per heavy atom. The second-order valence-corrected chi connectivity index (χ2v) is 4.97. The lowest BCUT2D eigenvalue weighted by Gasteiger charge is -2.31. The van der Waals surface area contributed by atoms with Gasteiger partial charge in [-0.3, -0.25) is 4.79 Å². The van der Waals surface area contributed by atoms with Gasteiger partial charge in [0.2, 0.25) is 12.2 Å². The van der Waals surface area contributed by atoms with Crippen LogP contribution in [0.4, 0.5) is 13.2 Å². The summed E-state index contributed by atoms with van der Waals surface area (Å²) in [5.74, 6) is -0.377. The molecule has 2 heterocycles. The van der Waals surface area contributed by atoms with Crippen LogP contribution in [0, 0.1) is 0 Å². The second-order valence-electron chi connectivity index (χ2n) is 4.97. The van der Waals surface area contributed by atoms with Gasteiger partial charge in [0, 0.05) is 12.1 Å². The van der Waals surface area contributed by atoms with E-state index in [4.69, 9.17) is 4.74 Å². The summed E-state index contributed by atoms with van der Waals surface area (Å²) in [4.78, 5) is 17.9. The van der Waals surface area contributed by atoms with Crippen molar-refractivity contribution >= 4 is 5.91 Å². The van der Waals surface area contributed by atoms with Crippen LogP contribution in [0.5, 0.6) is 5.75 Å². The maximum absolute atomic E-state index is 12.5. The van der Waals surface area contributed by atoms with Crippen molar-refractivity contribution in [2.75, 3.05) is 19.7 Å². The third-order valence-electron chi connectivity index (χ3n) is 3.35. The fraction of sp³-hybridized carbons (Fsp3) is 0.357. The van der Waals surface area contributed by atoms with Gasteiger partial charge < -0.3 is 18.9 Å². The van der Waals surface area contributed by atoms with Crippen LogP contribution in [0.3, 0.4) is 0 Å². The van der Waals surface area contributed by atoms with Crippen molar-refractivity contribution in [3.8, 4) is 5.75 Å². The molecule has 1 aliphatic rings. The predicted octanol–water partition coefficient (Wildman–Crippen LogP) is 2.18. The highest BCUT2D eigenvalue weighted by Gasteiger charge is 2.31. The zero-order chi connectivity index (χ0) is 17.2. The van der Waals surface area contributed by atoms with Crippen LogP contribution in [-0.4, -0.2) is 47.0 Å². The van der Waals surface area contributed by atoms with Gasteiger partial charge in [-0.05, 0) is 24.3 Å². The van der Waals surface area contributed by atoms with E-state index < -0.39 is 12.5 Å². The number of hydrogen-bond donors (Lipinski definition) is 0. The SMILES string of the molecule is O=C(c1ccc(OC(F)(F)F)cc1)N1CCO[C@H](c2ncon2)C1. The van der Waals surface area contributed by atoms with E-state index >= 15 is 0 Å². The first-order valence-corrected chi connectivity index (χ1v) is 6.95. The van der Waals surface area contributed by atoms with Gasteiger partial charge in [-0.15, -0.1) is 13.2 Å². The molecular weight excluding hydrogens is 331 g/mol. The molecule has 0 spiro atoms. The zero-order valence-corrected chi connectivity index (χ0v) is 12.2. The van der Waals surface area contributed by atoms with E-state index in [9.17, 15) is 18.0 Å². The molecule has 10 heteroatoms. The Morgan fingerprint density at radius 2 is 2.04 bits per heavy atom. The van der Waals surface area contributed by atoms with Crippen LogP contribution in [0.2, 0.25) is 0 Å². The number of hydrogen-bond acceptors (Lipinski definition) is 6. The minimum atomic E-state index is -4.77. The Labute approximate surface area is 134 Å². The van der Waals surface area contributed by atoms with Crippen LogP contribution < -0.4 is 4.74 Å². The van der Waals surface area contributed by atoms with Gasteiger partial charge in [-0.2, -0.15) is 4.98 Å². The van der Waals surface area contributed by atoms with E-state index in [1.807, 2.05) is 0 Å². The molecule has 1 atom stereocenters. The molecule has 1 saturated heterocycles. The van der Waals surface area contributed by atoms with Gasteiger partial charge in [0.15, 0.2) is 0 Å². The van der Waals surface area contributed by atoms with Crippen molar-refractivity contribution in [1.29, 1.82) is 0 Å². The molecule has 1 aromatic heterocycles. The number of carbonyl (C=O) groups is 1. The lowest BCUT2D eigenvalue weighted by Crippen LogP contribution is -2.42. The number of alkyl halides is 3. The van der Waals surface area contributed by atoms with Gasteiger partial charge in [0.05, 0.1) is 13.2 Å². The molecule has 128 valence electrons. The Hall–Kier alpha value is -2.62. The van der Waals surface area contributed by atoms with E-state index in [2.05, 4.69) is 19.4 Å². The molecule has 7 nitrogen and oxygen atoms in total. The molecule has 3 rings (SSSR count). The number of halogens is 3. The number of aromatic nitrogens is 2. The van der Waals surface area contributed by atoms with Crippen LogP contribution in [0.15, 0.2) is 35.2 Å². The largest absolute Gasteiger partial charge is 0.573 e. The summed E-state index contributed by atoms with van der Waals surface area (Å²) in [6, 6.07) is 4.75. The molecule has 0 N–H and O–H groups in total. The molecule has 24 heavy (non-hydrogen) atoms. The first kappa shape index (κ1) is 16.2. The summed E-state index contributed by atoms with van der Waals surface area (Å²) in [6.07, 6.45) is -4.11. The summed E-state index contributed by atoms with van der Waals surface area (Å²) in [6.45, 7) is 0.868. The van der Waals surface area contributed by atoms with Crippen molar-refractivity contribution in [3.05, 3.63) is 42.0 Å². The van der Waals surface area contributed by atoms with Gasteiger partial charge in [0.1, 0.15) is 11.9 Å². The van der Waals surface area contributed by atoms with E-state index in [0.717, 1.165) is 12.1 Å². The van der Waals surface area contributed by atoms with Crippen LogP contribution >= 0.6 is 0 Å². The minimum Gasteiger partial charge on any atom is -0.406 e. The lowest BCUT2D eigenvalue weighted by atomic mass is 10.1. The smallest absolute Gasteiger partial charge is 0.406 e. The first-order chi connectivity index (χ1) is 11.4. The number of nitrogens with zero attached hydrogens (tertiary/aromatic N) is 3. The summed E-state index contributed by atoms with van der Waals surface area (Å²) in [5.41, 5.74) is 0.248. The normalized spacial score (nSPS) is 18.5. The number of benzene rings is 1. The maximum Gasteiger partial charge on any atom is 0.573 e. The minimum absolute atomic E-state index is 0.221. The molecule has 2 aromatic rings. The van der Waals surface area contributed by atoms with Crippen molar-refractivity contribution in [2.45, 2.75) is 12.5 Å². The van der Waals surface area contributed by atoms with Crippen molar-refractivity contribution in [1.82, 2.24) is 15.0 Å². The average Bonchev–Trinajstić information content (AvgIpc) is 3.08. The summed E-state index contributed by atoms with van der Waals surface area (Å²) in [5, 5.41) is 3.68. The number of amides is 1. The fourth-order valence-corrected chi connectivity index (χ4v) is 2.29. The van der Waals surface area contributed by atoms with Gasteiger partial charge in [-0.25, -0.2) is 0 Å². The van der Waals surface area contributed by atoms with Gasteiger partial charge in [0.25, 0.3) is 5.91 Å². The standard InChI is InChI=1S/C14H12F3N3O4/c15-14(16,17)24-10-3-1-9(2-4-10)13(21)20-5-6-22-11(7-20)12-18-8-23-19-12/h1-4,8,11H,5-7H2/t11-/m0/s1. The molecule has 1 amide bonds. The van der Waals surface area contributed by atoms with E-state index in [-0.39, 0.29) is 23.8 Å². The summed E-state index contributed by atoms with van der Waals surface area (Å²) < 4.78 is 50.3. The molecule has 1 fully saturated rings. The van der Waals surface area contributed by atoms with Crippen LogP contribution in [0.25, 0.3) is 0 Å². The summed E-state index contributed by atoms with van der Waals surface area (Å²) in [7, 11) is 0. The van der Waals surface area contributed by atoms with Gasteiger partial charge >= 0.3 is 6.36 Å². The topological polar surface area (TPSA) is 77.7 Å². The quantitative estimate of drug-likeness (QED) is 0.850. The molecule has 0 radical (unpaired) electrons. The second kappa shape index (κ2) is 6.48. The maximum atomic E-state index is 12.5. The van der Waals surface area contributed by atoms with Crippen molar-refractivity contribution in [2.24, 2.45) is 0 Å².